The summed E-state index contributed by atoms with van der Waals surface area (Å²) in [7, 11) is 1.73. The molecule has 0 bridgehead atoms. The molecule has 1 fully saturated rings. The van der Waals surface area contributed by atoms with Crippen LogP contribution in [0.1, 0.15) is 47.3 Å². The van der Waals surface area contributed by atoms with E-state index in [0.717, 1.165) is 36.9 Å². The molecule has 142 valence electrons. The fourth-order valence-electron chi connectivity index (χ4n) is 3.18. The summed E-state index contributed by atoms with van der Waals surface area (Å²) in [5.74, 6) is -0.301. The minimum Gasteiger partial charge on any atom is -0.459 e. The number of amides is 2. The molecule has 1 heterocycles. The normalized spacial score (nSPS) is 14.0. The number of hydrogen-bond donors (Lipinski definition) is 1. The molecule has 0 saturated heterocycles. The summed E-state index contributed by atoms with van der Waals surface area (Å²) in [6.07, 6.45) is 5.92. The predicted molar refractivity (Wildman–Crippen MR) is 104 cm³/mol. The van der Waals surface area contributed by atoms with Crippen molar-refractivity contribution in [2.24, 2.45) is 0 Å². The van der Waals surface area contributed by atoms with E-state index in [2.05, 4.69) is 10.3 Å². The lowest BCUT2D eigenvalue weighted by molar-refractivity contribution is 0.0318. The number of aromatic nitrogens is 1. The SMILES string of the molecule is Cc1cc(CN(C)C(=O)Nc2ccc(C(=O)OC3CCCC3)cc2)ccn1. The quantitative estimate of drug-likeness (QED) is 0.806. The first-order chi connectivity index (χ1) is 13.0. The molecule has 0 unspecified atom stereocenters. The zero-order valence-electron chi connectivity index (χ0n) is 15.8. The molecule has 0 radical (unpaired) electrons. The average Bonchev–Trinajstić information content (AvgIpc) is 3.15. The number of esters is 1. The van der Waals surface area contributed by atoms with E-state index in [0.29, 0.717) is 17.8 Å². The third kappa shape index (κ3) is 5.29. The third-order valence-corrected chi connectivity index (χ3v) is 4.68. The molecule has 1 aromatic carbocycles. The Balaban J connectivity index is 1.53. The van der Waals surface area contributed by atoms with Crippen LogP contribution in [0, 0.1) is 6.92 Å². The Bertz CT molecular complexity index is 799. The van der Waals surface area contributed by atoms with Gasteiger partial charge < -0.3 is 15.0 Å². The lowest BCUT2D eigenvalue weighted by Gasteiger charge is -2.18. The second-order valence-corrected chi connectivity index (χ2v) is 6.98. The molecule has 1 saturated carbocycles. The van der Waals surface area contributed by atoms with E-state index in [1.165, 1.54) is 0 Å². The molecular weight excluding hydrogens is 342 g/mol. The number of nitrogens with one attached hydrogen (secondary N) is 1. The van der Waals surface area contributed by atoms with Gasteiger partial charge in [-0.3, -0.25) is 4.98 Å². The molecule has 0 atom stereocenters. The van der Waals surface area contributed by atoms with Crippen LogP contribution in [0.3, 0.4) is 0 Å². The van der Waals surface area contributed by atoms with Gasteiger partial charge >= 0.3 is 12.0 Å². The summed E-state index contributed by atoms with van der Waals surface area (Å²) in [5, 5.41) is 2.84. The molecule has 2 amide bonds. The zero-order chi connectivity index (χ0) is 19.2. The Morgan fingerprint density at radius 3 is 2.56 bits per heavy atom. The van der Waals surface area contributed by atoms with Crippen molar-refractivity contribution >= 4 is 17.7 Å². The van der Waals surface area contributed by atoms with Crippen molar-refractivity contribution in [3.63, 3.8) is 0 Å². The Morgan fingerprint density at radius 1 is 1.19 bits per heavy atom. The maximum Gasteiger partial charge on any atom is 0.338 e. The van der Waals surface area contributed by atoms with E-state index in [1.54, 1.807) is 42.4 Å². The van der Waals surface area contributed by atoms with Crippen LogP contribution < -0.4 is 5.32 Å². The summed E-state index contributed by atoms with van der Waals surface area (Å²) in [6, 6.07) is 10.4. The number of rotatable bonds is 5. The molecular formula is C21H25N3O3. The van der Waals surface area contributed by atoms with Gasteiger partial charge in [0.15, 0.2) is 0 Å². The van der Waals surface area contributed by atoms with Crippen LogP contribution >= 0.6 is 0 Å². The van der Waals surface area contributed by atoms with Crippen LogP contribution in [0.25, 0.3) is 0 Å². The number of anilines is 1. The van der Waals surface area contributed by atoms with Crippen molar-refractivity contribution in [3.05, 3.63) is 59.4 Å². The average molecular weight is 367 g/mol. The van der Waals surface area contributed by atoms with Gasteiger partial charge in [0.25, 0.3) is 0 Å². The molecule has 3 rings (SSSR count). The number of aryl methyl sites for hydroxylation is 1. The molecule has 1 N–H and O–H groups in total. The second kappa shape index (κ2) is 8.66. The molecule has 27 heavy (non-hydrogen) atoms. The van der Waals surface area contributed by atoms with Crippen molar-refractivity contribution in [2.45, 2.75) is 45.3 Å². The lowest BCUT2D eigenvalue weighted by atomic mass is 10.2. The van der Waals surface area contributed by atoms with Crippen LogP contribution in [0.5, 0.6) is 0 Å². The highest BCUT2D eigenvalue weighted by molar-refractivity contribution is 5.92. The van der Waals surface area contributed by atoms with Crippen molar-refractivity contribution in [2.75, 3.05) is 12.4 Å². The van der Waals surface area contributed by atoms with Gasteiger partial charge in [0, 0.05) is 31.2 Å². The molecule has 1 aliphatic rings. The zero-order valence-corrected chi connectivity index (χ0v) is 15.8. The van der Waals surface area contributed by atoms with Gasteiger partial charge in [-0.15, -0.1) is 0 Å². The second-order valence-electron chi connectivity index (χ2n) is 6.98. The van der Waals surface area contributed by atoms with Gasteiger partial charge in [-0.25, -0.2) is 9.59 Å². The topological polar surface area (TPSA) is 71.5 Å². The minimum atomic E-state index is -0.301. The lowest BCUT2D eigenvalue weighted by Crippen LogP contribution is -2.30. The number of hydrogen-bond acceptors (Lipinski definition) is 4. The standard InChI is InChI=1S/C21H25N3O3/c1-15-13-16(11-12-22-15)14-24(2)21(26)23-18-9-7-17(8-10-18)20(25)27-19-5-3-4-6-19/h7-13,19H,3-6,14H2,1-2H3,(H,23,26). The number of urea groups is 1. The Hall–Kier alpha value is -2.89. The Kier molecular flexibility index (Phi) is 6.06. The fourth-order valence-corrected chi connectivity index (χ4v) is 3.18. The summed E-state index contributed by atoms with van der Waals surface area (Å²) in [5.41, 5.74) is 3.07. The maximum atomic E-state index is 12.4. The number of nitrogens with zero attached hydrogens (tertiary/aromatic N) is 2. The summed E-state index contributed by atoms with van der Waals surface area (Å²) >= 11 is 0. The smallest absolute Gasteiger partial charge is 0.338 e. The van der Waals surface area contributed by atoms with Gasteiger partial charge in [-0.05, 0) is 74.6 Å². The van der Waals surface area contributed by atoms with Crippen molar-refractivity contribution < 1.29 is 14.3 Å². The van der Waals surface area contributed by atoms with Crippen LogP contribution in [0.2, 0.25) is 0 Å². The summed E-state index contributed by atoms with van der Waals surface area (Å²) < 4.78 is 5.49. The number of carbonyl (C=O) groups is 2. The van der Waals surface area contributed by atoms with Crippen LogP contribution in [0.15, 0.2) is 42.6 Å². The van der Waals surface area contributed by atoms with Crippen molar-refractivity contribution in [3.8, 4) is 0 Å². The third-order valence-electron chi connectivity index (χ3n) is 4.68. The van der Waals surface area contributed by atoms with Crippen molar-refractivity contribution in [1.29, 1.82) is 0 Å². The molecule has 6 heteroatoms. The first-order valence-corrected chi connectivity index (χ1v) is 9.26. The Morgan fingerprint density at radius 2 is 1.89 bits per heavy atom. The van der Waals surface area contributed by atoms with Crippen molar-refractivity contribution in [1.82, 2.24) is 9.88 Å². The highest BCUT2D eigenvalue weighted by atomic mass is 16.5. The first-order valence-electron chi connectivity index (χ1n) is 9.26. The van der Waals surface area contributed by atoms with Crippen LogP contribution in [-0.4, -0.2) is 35.0 Å². The van der Waals surface area contributed by atoms with Gasteiger partial charge in [0.05, 0.1) is 5.56 Å². The molecule has 0 spiro atoms. The highest BCUT2D eigenvalue weighted by Crippen LogP contribution is 2.22. The van der Waals surface area contributed by atoms with Gasteiger partial charge in [0.2, 0.25) is 0 Å². The van der Waals surface area contributed by atoms with Crippen LogP contribution in [-0.2, 0) is 11.3 Å². The number of benzene rings is 1. The molecule has 2 aromatic rings. The van der Waals surface area contributed by atoms with Gasteiger partial charge in [-0.1, -0.05) is 0 Å². The van der Waals surface area contributed by atoms with E-state index < -0.39 is 0 Å². The van der Waals surface area contributed by atoms with E-state index in [4.69, 9.17) is 4.74 Å². The van der Waals surface area contributed by atoms with E-state index in [9.17, 15) is 9.59 Å². The Labute approximate surface area is 159 Å². The largest absolute Gasteiger partial charge is 0.459 e. The maximum absolute atomic E-state index is 12.4. The summed E-state index contributed by atoms with van der Waals surface area (Å²) in [4.78, 5) is 30.3. The predicted octanol–water partition coefficient (Wildman–Crippen LogP) is 4.15. The molecule has 6 nitrogen and oxygen atoms in total. The number of carbonyl (C=O) groups excluding carboxylic acids is 2. The fraction of sp³-hybridized carbons (Fsp3) is 0.381. The monoisotopic (exact) mass is 367 g/mol. The highest BCUT2D eigenvalue weighted by Gasteiger charge is 2.20. The van der Waals surface area contributed by atoms with E-state index in [1.807, 2.05) is 19.1 Å². The van der Waals surface area contributed by atoms with E-state index >= 15 is 0 Å². The molecule has 0 aliphatic heterocycles. The van der Waals surface area contributed by atoms with Crippen LogP contribution in [0.4, 0.5) is 10.5 Å². The van der Waals surface area contributed by atoms with Gasteiger partial charge in [-0.2, -0.15) is 0 Å². The van der Waals surface area contributed by atoms with Gasteiger partial charge in [0.1, 0.15) is 6.10 Å². The minimum absolute atomic E-state index is 0.0438. The first kappa shape index (κ1) is 18.9. The molecule has 1 aliphatic carbocycles. The molecule has 1 aromatic heterocycles. The number of ether oxygens (including phenoxy) is 1. The number of pyridine rings is 1. The van der Waals surface area contributed by atoms with E-state index in [-0.39, 0.29) is 18.1 Å². The summed E-state index contributed by atoms with van der Waals surface area (Å²) in [6.45, 7) is 2.41.